The first-order valence-corrected chi connectivity index (χ1v) is 9.11. The zero-order chi connectivity index (χ0) is 17.5. The van der Waals surface area contributed by atoms with E-state index < -0.39 is 0 Å². The molecule has 0 aliphatic heterocycles. The summed E-state index contributed by atoms with van der Waals surface area (Å²) in [4.78, 5) is 17.0. The Morgan fingerprint density at radius 3 is 2.54 bits per heavy atom. The van der Waals surface area contributed by atoms with Gasteiger partial charge in [0.1, 0.15) is 0 Å². The minimum absolute atomic E-state index is 0.142. The molecule has 2 rings (SSSR count). The first kappa shape index (κ1) is 18.3. The Kier molecular flexibility index (Phi) is 6.61. The van der Waals surface area contributed by atoms with E-state index in [4.69, 9.17) is 9.47 Å². The van der Waals surface area contributed by atoms with Crippen LogP contribution in [0.3, 0.4) is 0 Å². The van der Waals surface area contributed by atoms with Crippen molar-refractivity contribution in [2.75, 3.05) is 13.2 Å². The molecule has 24 heavy (non-hydrogen) atoms. The topological polar surface area (TPSA) is 60.5 Å². The van der Waals surface area contributed by atoms with E-state index in [9.17, 15) is 4.79 Å². The number of hydrogen-bond acceptors (Lipinski definition) is 5. The monoisotopic (exact) mass is 348 g/mol. The molecule has 6 heteroatoms. The fraction of sp³-hybridized carbons (Fsp3) is 0.444. The summed E-state index contributed by atoms with van der Waals surface area (Å²) in [5, 5.41) is 6.05. The van der Waals surface area contributed by atoms with Gasteiger partial charge in [-0.1, -0.05) is 6.92 Å². The van der Waals surface area contributed by atoms with Gasteiger partial charge in [-0.15, -0.1) is 11.3 Å². The predicted octanol–water partition coefficient (Wildman–Crippen LogP) is 3.99. The molecule has 0 fully saturated rings. The van der Waals surface area contributed by atoms with Gasteiger partial charge in [-0.3, -0.25) is 4.79 Å². The van der Waals surface area contributed by atoms with Gasteiger partial charge in [0, 0.05) is 10.9 Å². The van der Waals surface area contributed by atoms with Crippen LogP contribution < -0.4 is 14.8 Å². The van der Waals surface area contributed by atoms with Crippen molar-refractivity contribution in [2.45, 2.75) is 40.2 Å². The van der Waals surface area contributed by atoms with Gasteiger partial charge in [0.15, 0.2) is 11.5 Å². The van der Waals surface area contributed by atoms with Gasteiger partial charge in [0.25, 0.3) is 5.91 Å². The van der Waals surface area contributed by atoms with Crippen molar-refractivity contribution in [1.29, 1.82) is 0 Å². The zero-order valence-corrected chi connectivity index (χ0v) is 15.4. The van der Waals surface area contributed by atoms with Gasteiger partial charge in [-0.2, -0.15) is 0 Å². The lowest BCUT2D eigenvalue weighted by Crippen LogP contribution is -2.26. The number of ether oxygens (including phenoxy) is 2. The Hall–Kier alpha value is -2.08. The molecule has 1 aromatic carbocycles. The largest absolute Gasteiger partial charge is 0.490 e. The fourth-order valence-corrected chi connectivity index (χ4v) is 3.07. The first-order chi connectivity index (χ1) is 11.6. The second-order valence-corrected chi connectivity index (χ2v) is 6.19. The Morgan fingerprint density at radius 2 is 1.92 bits per heavy atom. The molecule has 0 radical (unpaired) electrons. The van der Waals surface area contributed by atoms with E-state index in [1.54, 1.807) is 29.5 Å². The molecule has 0 aliphatic rings. The van der Waals surface area contributed by atoms with Crippen LogP contribution in [0.15, 0.2) is 23.6 Å². The second-order valence-electron chi connectivity index (χ2n) is 5.24. The summed E-state index contributed by atoms with van der Waals surface area (Å²) < 4.78 is 11.1. The lowest BCUT2D eigenvalue weighted by molar-refractivity contribution is 0.0938. The SMILES string of the molecule is CCOc1ccc(C(=O)NC(C)c2csc(CC)n2)cc1OCC. The van der Waals surface area contributed by atoms with Gasteiger partial charge in [0.05, 0.1) is 30.0 Å². The molecule has 1 amide bonds. The first-order valence-electron chi connectivity index (χ1n) is 8.23. The molecule has 0 saturated heterocycles. The third-order valence-corrected chi connectivity index (χ3v) is 4.48. The Morgan fingerprint density at radius 1 is 1.21 bits per heavy atom. The summed E-state index contributed by atoms with van der Waals surface area (Å²) in [6.07, 6.45) is 0.905. The number of benzene rings is 1. The molecule has 2 aromatic rings. The second kappa shape index (κ2) is 8.68. The average Bonchev–Trinajstić information content (AvgIpc) is 3.06. The van der Waals surface area contributed by atoms with Crippen molar-refractivity contribution < 1.29 is 14.3 Å². The van der Waals surface area contributed by atoms with Crippen LogP contribution in [0.25, 0.3) is 0 Å². The molecule has 0 aliphatic carbocycles. The average molecular weight is 348 g/mol. The number of nitrogens with zero attached hydrogens (tertiary/aromatic N) is 1. The molecule has 0 bridgehead atoms. The number of nitrogens with one attached hydrogen (secondary N) is 1. The molecular weight excluding hydrogens is 324 g/mol. The molecule has 1 N–H and O–H groups in total. The van der Waals surface area contributed by atoms with Crippen molar-refractivity contribution in [3.05, 3.63) is 39.8 Å². The molecule has 5 nitrogen and oxygen atoms in total. The maximum absolute atomic E-state index is 12.5. The van der Waals surface area contributed by atoms with Crippen molar-refractivity contribution in [3.8, 4) is 11.5 Å². The highest BCUT2D eigenvalue weighted by Crippen LogP contribution is 2.29. The lowest BCUT2D eigenvalue weighted by atomic mass is 10.1. The number of rotatable bonds is 8. The van der Waals surface area contributed by atoms with Gasteiger partial charge in [-0.05, 0) is 45.4 Å². The number of carbonyl (C=O) groups is 1. The van der Waals surface area contributed by atoms with Crippen molar-refractivity contribution >= 4 is 17.2 Å². The Balaban J connectivity index is 2.12. The summed E-state index contributed by atoms with van der Waals surface area (Å²) >= 11 is 1.62. The number of carbonyl (C=O) groups excluding carboxylic acids is 1. The third-order valence-electron chi connectivity index (χ3n) is 3.47. The van der Waals surface area contributed by atoms with Gasteiger partial charge in [-0.25, -0.2) is 4.98 Å². The predicted molar refractivity (Wildman–Crippen MR) is 96.2 cm³/mol. The quantitative estimate of drug-likeness (QED) is 0.783. The van der Waals surface area contributed by atoms with Crippen LogP contribution in [0.1, 0.15) is 54.8 Å². The van der Waals surface area contributed by atoms with Crippen molar-refractivity contribution in [1.82, 2.24) is 10.3 Å². The smallest absolute Gasteiger partial charge is 0.251 e. The van der Waals surface area contributed by atoms with E-state index in [1.165, 1.54) is 0 Å². The van der Waals surface area contributed by atoms with Crippen LogP contribution in [0.5, 0.6) is 11.5 Å². The molecule has 1 aromatic heterocycles. The lowest BCUT2D eigenvalue weighted by Gasteiger charge is -2.14. The van der Waals surface area contributed by atoms with Crippen LogP contribution in [0, 0.1) is 0 Å². The number of hydrogen-bond donors (Lipinski definition) is 1. The van der Waals surface area contributed by atoms with E-state index in [0.29, 0.717) is 30.3 Å². The molecule has 1 unspecified atom stereocenters. The third kappa shape index (κ3) is 4.47. The van der Waals surface area contributed by atoms with Crippen molar-refractivity contribution in [2.24, 2.45) is 0 Å². The summed E-state index contributed by atoms with van der Waals surface area (Å²) in [5.41, 5.74) is 1.43. The van der Waals surface area contributed by atoms with E-state index in [2.05, 4.69) is 17.2 Å². The molecule has 130 valence electrons. The Bertz CT molecular complexity index is 685. The van der Waals surface area contributed by atoms with Crippen LogP contribution in [0.2, 0.25) is 0 Å². The minimum Gasteiger partial charge on any atom is -0.490 e. The Labute approximate surface area is 147 Å². The maximum atomic E-state index is 12.5. The maximum Gasteiger partial charge on any atom is 0.251 e. The molecule has 1 atom stereocenters. The minimum atomic E-state index is -0.155. The van der Waals surface area contributed by atoms with Crippen LogP contribution in [-0.4, -0.2) is 24.1 Å². The van der Waals surface area contributed by atoms with Gasteiger partial charge < -0.3 is 14.8 Å². The zero-order valence-electron chi connectivity index (χ0n) is 14.6. The molecular formula is C18H24N2O3S. The standard InChI is InChI=1S/C18H24N2O3S/c1-5-17-20-14(11-24-17)12(4)19-18(21)13-8-9-15(22-6-2)16(10-13)23-7-3/h8-12H,5-7H2,1-4H3,(H,19,21). The normalized spacial score (nSPS) is 11.8. The highest BCUT2D eigenvalue weighted by Gasteiger charge is 2.16. The van der Waals surface area contributed by atoms with Crippen LogP contribution in [0.4, 0.5) is 0 Å². The van der Waals surface area contributed by atoms with Crippen LogP contribution >= 0.6 is 11.3 Å². The fourth-order valence-electron chi connectivity index (χ4n) is 2.23. The molecule has 0 spiro atoms. The van der Waals surface area contributed by atoms with Gasteiger partial charge in [0.2, 0.25) is 0 Å². The molecule has 1 heterocycles. The van der Waals surface area contributed by atoms with Gasteiger partial charge >= 0.3 is 0 Å². The summed E-state index contributed by atoms with van der Waals surface area (Å²) in [6.45, 7) is 8.88. The summed E-state index contributed by atoms with van der Waals surface area (Å²) in [5.74, 6) is 1.08. The summed E-state index contributed by atoms with van der Waals surface area (Å²) in [7, 11) is 0. The highest BCUT2D eigenvalue weighted by atomic mass is 32.1. The van der Waals surface area contributed by atoms with E-state index >= 15 is 0 Å². The summed E-state index contributed by atoms with van der Waals surface area (Å²) in [6, 6.07) is 5.09. The van der Waals surface area contributed by atoms with E-state index in [-0.39, 0.29) is 11.9 Å². The van der Waals surface area contributed by atoms with E-state index in [0.717, 1.165) is 17.1 Å². The number of aromatic nitrogens is 1. The number of amides is 1. The van der Waals surface area contributed by atoms with E-state index in [1.807, 2.05) is 26.2 Å². The molecule has 0 saturated carbocycles. The van der Waals surface area contributed by atoms with Crippen molar-refractivity contribution in [3.63, 3.8) is 0 Å². The number of aryl methyl sites for hydroxylation is 1. The number of thiazole rings is 1. The van der Waals surface area contributed by atoms with Crippen LogP contribution in [-0.2, 0) is 6.42 Å². The highest BCUT2D eigenvalue weighted by molar-refractivity contribution is 7.09.